The average molecular weight is 222 g/mol. The summed E-state index contributed by atoms with van der Waals surface area (Å²) in [5.41, 5.74) is 7.46. The Morgan fingerprint density at radius 3 is 2.81 bits per heavy atom. The highest BCUT2D eigenvalue weighted by atomic mass is 16.1. The molecule has 3 nitrogen and oxygen atoms in total. The van der Waals surface area contributed by atoms with Crippen LogP contribution in [0.25, 0.3) is 0 Å². The lowest BCUT2D eigenvalue weighted by molar-refractivity contribution is -0.118. The first-order valence-corrected chi connectivity index (χ1v) is 6.02. The molecule has 1 amide bonds. The third-order valence-electron chi connectivity index (χ3n) is 2.98. The Balaban J connectivity index is 2.90. The molecule has 0 saturated carbocycles. The maximum absolute atomic E-state index is 11.7. The summed E-state index contributed by atoms with van der Waals surface area (Å²) >= 11 is 0. The number of unbranched alkanes of at least 4 members (excludes halogenated alkanes) is 1. The second-order valence-corrected chi connectivity index (χ2v) is 4.62. The molecular weight excluding hydrogens is 200 g/mol. The second kappa shape index (κ2) is 5.73. The molecule has 0 spiro atoms. The molecule has 16 heavy (non-hydrogen) atoms. The van der Waals surface area contributed by atoms with Crippen molar-refractivity contribution in [3.63, 3.8) is 0 Å². The van der Waals surface area contributed by atoms with E-state index in [1.165, 1.54) is 0 Å². The molecule has 3 N–H and O–H groups in total. The molecule has 0 aromatic carbocycles. The van der Waals surface area contributed by atoms with Gasteiger partial charge in [-0.05, 0) is 12.3 Å². The SMILES string of the molecule is CCC/C=C\C1=C(N)C(C(C)C)CNC1=O. The van der Waals surface area contributed by atoms with Crippen LogP contribution in [0.15, 0.2) is 23.4 Å². The smallest absolute Gasteiger partial charge is 0.253 e. The number of hydrogen-bond acceptors (Lipinski definition) is 2. The predicted octanol–water partition coefficient (Wildman–Crippen LogP) is 1.96. The summed E-state index contributed by atoms with van der Waals surface area (Å²) in [5, 5.41) is 2.89. The fourth-order valence-electron chi connectivity index (χ4n) is 1.87. The molecule has 0 saturated heterocycles. The third-order valence-corrected chi connectivity index (χ3v) is 2.98. The van der Waals surface area contributed by atoms with E-state index in [9.17, 15) is 4.79 Å². The van der Waals surface area contributed by atoms with Gasteiger partial charge in [-0.25, -0.2) is 0 Å². The predicted molar refractivity (Wildman–Crippen MR) is 66.6 cm³/mol. The van der Waals surface area contributed by atoms with Crippen LogP contribution in [0.2, 0.25) is 0 Å². The molecular formula is C13H22N2O. The van der Waals surface area contributed by atoms with E-state index < -0.39 is 0 Å². The zero-order chi connectivity index (χ0) is 12.1. The van der Waals surface area contributed by atoms with Crippen molar-refractivity contribution in [3.8, 4) is 0 Å². The summed E-state index contributed by atoms with van der Waals surface area (Å²) in [6.07, 6.45) is 5.95. The van der Waals surface area contributed by atoms with Gasteiger partial charge in [0.1, 0.15) is 0 Å². The molecule has 1 unspecified atom stereocenters. The van der Waals surface area contributed by atoms with E-state index in [1.807, 2.05) is 12.2 Å². The number of carbonyl (C=O) groups is 1. The number of allylic oxidation sites excluding steroid dienone is 1. The standard InChI is InChI=1S/C13H22N2O/c1-4-5-6-7-10-12(14)11(9(2)3)8-15-13(10)16/h6-7,9,11H,4-5,8,14H2,1-3H3,(H,15,16)/b7-6-. The maximum Gasteiger partial charge on any atom is 0.253 e. The summed E-state index contributed by atoms with van der Waals surface area (Å²) in [5.74, 6) is 0.677. The summed E-state index contributed by atoms with van der Waals surface area (Å²) in [7, 11) is 0. The minimum absolute atomic E-state index is 0.0400. The molecule has 1 rings (SSSR count). The zero-order valence-electron chi connectivity index (χ0n) is 10.4. The molecule has 1 aliphatic heterocycles. The summed E-state index contributed by atoms with van der Waals surface area (Å²) < 4.78 is 0. The highest BCUT2D eigenvalue weighted by molar-refractivity contribution is 5.97. The molecule has 0 aromatic rings. The second-order valence-electron chi connectivity index (χ2n) is 4.62. The van der Waals surface area contributed by atoms with Gasteiger partial charge in [-0.3, -0.25) is 4.79 Å². The first-order chi connectivity index (χ1) is 7.57. The van der Waals surface area contributed by atoms with Gasteiger partial charge in [0.2, 0.25) is 0 Å². The molecule has 1 heterocycles. The van der Waals surface area contributed by atoms with Crippen molar-refractivity contribution in [2.45, 2.75) is 33.6 Å². The van der Waals surface area contributed by atoms with Crippen LogP contribution in [0.1, 0.15) is 33.6 Å². The normalized spacial score (nSPS) is 22.0. The van der Waals surface area contributed by atoms with Gasteiger partial charge < -0.3 is 11.1 Å². The Kier molecular flexibility index (Phi) is 4.59. The van der Waals surface area contributed by atoms with Crippen molar-refractivity contribution in [2.75, 3.05) is 6.54 Å². The molecule has 0 radical (unpaired) electrons. The Morgan fingerprint density at radius 2 is 2.25 bits per heavy atom. The molecule has 90 valence electrons. The van der Waals surface area contributed by atoms with Gasteiger partial charge in [-0.1, -0.05) is 39.3 Å². The number of nitrogens with one attached hydrogen (secondary N) is 1. The summed E-state index contributed by atoms with van der Waals surface area (Å²) in [6, 6.07) is 0. The van der Waals surface area contributed by atoms with Gasteiger partial charge >= 0.3 is 0 Å². The van der Waals surface area contributed by atoms with Crippen LogP contribution >= 0.6 is 0 Å². The average Bonchev–Trinajstić information content (AvgIpc) is 2.22. The van der Waals surface area contributed by atoms with Crippen molar-refractivity contribution in [2.24, 2.45) is 17.6 Å². The Morgan fingerprint density at radius 1 is 1.56 bits per heavy atom. The van der Waals surface area contributed by atoms with Gasteiger partial charge in [0.25, 0.3) is 5.91 Å². The van der Waals surface area contributed by atoms with Gasteiger partial charge in [-0.15, -0.1) is 0 Å². The molecule has 0 bridgehead atoms. The van der Waals surface area contributed by atoms with E-state index in [4.69, 9.17) is 5.73 Å². The van der Waals surface area contributed by atoms with E-state index in [1.54, 1.807) is 0 Å². The van der Waals surface area contributed by atoms with Gasteiger partial charge in [0.05, 0.1) is 5.57 Å². The maximum atomic E-state index is 11.7. The summed E-state index contributed by atoms with van der Waals surface area (Å²) in [4.78, 5) is 11.7. The van der Waals surface area contributed by atoms with Crippen LogP contribution in [-0.4, -0.2) is 12.5 Å². The molecule has 0 fully saturated rings. The largest absolute Gasteiger partial charge is 0.401 e. The van der Waals surface area contributed by atoms with E-state index in [-0.39, 0.29) is 11.8 Å². The summed E-state index contributed by atoms with van der Waals surface area (Å²) in [6.45, 7) is 7.03. The highest BCUT2D eigenvalue weighted by Crippen LogP contribution is 2.23. The Hall–Kier alpha value is -1.25. The molecule has 3 heteroatoms. The fourth-order valence-corrected chi connectivity index (χ4v) is 1.87. The quantitative estimate of drug-likeness (QED) is 0.764. The molecule has 0 aliphatic carbocycles. The van der Waals surface area contributed by atoms with Crippen LogP contribution in [-0.2, 0) is 4.79 Å². The zero-order valence-corrected chi connectivity index (χ0v) is 10.4. The van der Waals surface area contributed by atoms with Crippen molar-refractivity contribution in [1.82, 2.24) is 5.32 Å². The minimum atomic E-state index is -0.0400. The van der Waals surface area contributed by atoms with Crippen molar-refractivity contribution in [3.05, 3.63) is 23.4 Å². The van der Waals surface area contributed by atoms with Crippen LogP contribution in [0.4, 0.5) is 0 Å². The van der Waals surface area contributed by atoms with Gasteiger partial charge in [-0.2, -0.15) is 0 Å². The van der Waals surface area contributed by atoms with E-state index in [0.717, 1.165) is 18.5 Å². The molecule has 0 aromatic heterocycles. The van der Waals surface area contributed by atoms with E-state index in [2.05, 4.69) is 26.1 Å². The fraction of sp³-hybridized carbons (Fsp3) is 0.615. The van der Waals surface area contributed by atoms with E-state index >= 15 is 0 Å². The number of amides is 1. The van der Waals surface area contributed by atoms with Crippen molar-refractivity contribution < 1.29 is 4.79 Å². The van der Waals surface area contributed by atoms with Crippen LogP contribution in [0.5, 0.6) is 0 Å². The van der Waals surface area contributed by atoms with Gasteiger partial charge in [0, 0.05) is 18.2 Å². The van der Waals surface area contributed by atoms with Crippen LogP contribution < -0.4 is 11.1 Å². The van der Waals surface area contributed by atoms with Crippen molar-refractivity contribution in [1.29, 1.82) is 0 Å². The molecule has 1 atom stereocenters. The highest BCUT2D eigenvalue weighted by Gasteiger charge is 2.26. The number of hydrogen-bond donors (Lipinski definition) is 2. The topological polar surface area (TPSA) is 55.1 Å². The number of rotatable bonds is 4. The van der Waals surface area contributed by atoms with Gasteiger partial charge in [0.15, 0.2) is 0 Å². The monoisotopic (exact) mass is 222 g/mol. The number of carbonyl (C=O) groups excluding carboxylic acids is 1. The lowest BCUT2D eigenvalue weighted by Gasteiger charge is -2.28. The van der Waals surface area contributed by atoms with Crippen LogP contribution in [0, 0.1) is 11.8 Å². The Bertz CT molecular complexity index is 316. The Labute approximate surface area is 97.8 Å². The van der Waals surface area contributed by atoms with E-state index in [0.29, 0.717) is 18.0 Å². The first-order valence-electron chi connectivity index (χ1n) is 6.02. The third kappa shape index (κ3) is 2.87. The lowest BCUT2D eigenvalue weighted by atomic mass is 9.87. The molecule has 1 aliphatic rings. The van der Waals surface area contributed by atoms with Crippen LogP contribution in [0.3, 0.4) is 0 Å². The van der Waals surface area contributed by atoms with Crippen molar-refractivity contribution >= 4 is 5.91 Å². The number of nitrogens with two attached hydrogens (primary N) is 1. The minimum Gasteiger partial charge on any atom is -0.401 e. The first kappa shape index (κ1) is 12.8. The lowest BCUT2D eigenvalue weighted by Crippen LogP contribution is -2.41.